The Morgan fingerprint density at radius 3 is 2.74 bits per heavy atom. The van der Waals surface area contributed by atoms with Crippen LogP contribution in [-0.2, 0) is 0 Å². The van der Waals surface area contributed by atoms with E-state index in [0.29, 0.717) is 5.39 Å². The van der Waals surface area contributed by atoms with Gasteiger partial charge in [-0.15, -0.1) is 0 Å². The molecule has 0 amide bonds. The number of hydrogen-bond acceptors (Lipinski definition) is 4. The second kappa shape index (κ2) is 3.62. The van der Waals surface area contributed by atoms with Gasteiger partial charge in [0, 0.05) is 28.6 Å². The molecule has 0 N–H and O–H groups in total. The molecule has 3 heterocycles. The predicted octanol–water partition coefficient (Wildman–Crippen LogP) is 2.89. The molecule has 4 nitrogen and oxygen atoms in total. The van der Waals surface area contributed by atoms with E-state index >= 15 is 0 Å². The van der Waals surface area contributed by atoms with E-state index in [1.165, 1.54) is 6.26 Å². The molecular formula is C15H8N2O2. The Hall–Kier alpha value is -2.75. The molecule has 4 aromatic rings. The minimum absolute atomic E-state index is 0.368. The summed E-state index contributed by atoms with van der Waals surface area (Å²) in [5, 5.41) is 3.27. The van der Waals surface area contributed by atoms with Crippen LogP contribution in [0.5, 0.6) is 0 Å². The van der Waals surface area contributed by atoms with Crippen molar-refractivity contribution in [2.75, 3.05) is 0 Å². The minimum atomic E-state index is -0.368. The lowest BCUT2D eigenvalue weighted by Gasteiger charge is -2.05. The van der Waals surface area contributed by atoms with Gasteiger partial charge in [0.2, 0.25) is 0 Å². The maximum absolute atomic E-state index is 11.7. The summed E-state index contributed by atoms with van der Waals surface area (Å²) in [4.78, 5) is 20.4. The number of pyridine rings is 2. The molecule has 0 bridgehead atoms. The molecule has 0 radical (unpaired) electrons. The van der Waals surface area contributed by atoms with E-state index in [1.54, 1.807) is 18.5 Å². The molecule has 0 unspecified atom stereocenters. The fourth-order valence-corrected chi connectivity index (χ4v) is 2.43. The Bertz CT molecular complexity index is 989. The highest BCUT2D eigenvalue weighted by molar-refractivity contribution is 6.17. The third kappa shape index (κ3) is 1.37. The van der Waals surface area contributed by atoms with Crippen LogP contribution in [0, 0.1) is 0 Å². The van der Waals surface area contributed by atoms with Crippen molar-refractivity contribution in [1.29, 1.82) is 0 Å². The summed E-state index contributed by atoms with van der Waals surface area (Å²) >= 11 is 0. The molecule has 0 aliphatic rings. The first-order valence-electron chi connectivity index (χ1n) is 5.88. The second-order valence-electron chi connectivity index (χ2n) is 4.32. The third-order valence-corrected chi connectivity index (χ3v) is 3.29. The maximum atomic E-state index is 11.7. The molecule has 0 aliphatic carbocycles. The summed E-state index contributed by atoms with van der Waals surface area (Å²) in [6.07, 6.45) is 4.73. The molecule has 90 valence electrons. The largest absolute Gasteiger partial charge is 0.431 e. The number of aromatic nitrogens is 2. The molecular weight excluding hydrogens is 240 g/mol. The Balaban J connectivity index is 2.41. The Morgan fingerprint density at radius 2 is 1.79 bits per heavy atom. The Morgan fingerprint density at radius 1 is 0.895 bits per heavy atom. The molecule has 4 rings (SSSR count). The average Bonchev–Trinajstić information content (AvgIpc) is 2.47. The number of benzene rings is 1. The minimum Gasteiger partial charge on any atom is -0.431 e. The summed E-state index contributed by atoms with van der Waals surface area (Å²) in [6.45, 7) is 0. The van der Waals surface area contributed by atoms with E-state index in [4.69, 9.17) is 4.42 Å². The summed E-state index contributed by atoms with van der Waals surface area (Å²) in [5.74, 6) is 0. The van der Waals surface area contributed by atoms with Crippen molar-refractivity contribution in [3.63, 3.8) is 0 Å². The van der Waals surface area contributed by atoms with Crippen LogP contribution < -0.4 is 5.63 Å². The van der Waals surface area contributed by atoms with Crippen molar-refractivity contribution in [2.45, 2.75) is 0 Å². The zero-order valence-corrected chi connectivity index (χ0v) is 9.83. The van der Waals surface area contributed by atoms with E-state index in [-0.39, 0.29) is 5.63 Å². The fraction of sp³-hybridized carbons (Fsp3) is 0. The zero-order chi connectivity index (χ0) is 12.8. The molecule has 0 spiro atoms. The normalized spacial score (nSPS) is 11.4. The molecule has 0 saturated heterocycles. The van der Waals surface area contributed by atoms with Crippen LogP contribution in [0.25, 0.3) is 32.6 Å². The van der Waals surface area contributed by atoms with E-state index < -0.39 is 0 Å². The smallest absolute Gasteiger partial charge is 0.345 e. The van der Waals surface area contributed by atoms with Crippen molar-refractivity contribution < 1.29 is 4.42 Å². The number of nitrogens with zero attached hydrogens (tertiary/aromatic N) is 2. The Kier molecular flexibility index (Phi) is 1.94. The first kappa shape index (κ1) is 10.2. The number of rotatable bonds is 0. The van der Waals surface area contributed by atoms with Crippen molar-refractivity contribution in [2.24, 2.45) is 0 Å². The molecule has 19 heavy (non-hydrogen) atoms. The van der Waals surface area contributed by atoms with Crippen LogP contribution >= 0.6 is 0 Å². The van der Waals surface area contributed by atoms with Gasteiger partial charge >= 0.3 is 5.63 Å². The van der Waals surface area contributed by atoms with Gasteiger partial charge in [-0.05, 0) is 24.3 Å². The first-order valence-corrected chi connectivity index (χ1v) is 5.88. The van der Waals surface area contributed by atoms with Crippen molar-refractivity contribution in [3.05, 3.63) is 59.4 Å². The molecule has 0 atom stereocenters. The van der Waals surface area contributed by atoms with Gasteiger partial charge < -0.3 is 4.42 Å². The Labute approximate surface area is 107 Å². The predicted molar refractivity (Wildman–Crippen MR) is 73.1 cm³/mol. The quantitative estimate of drug-likeness (QED) is 0.449. The SMILES string of the molecule is O=c1occc2c1cnc1ccc3ncccc3c12. The summed E-state index contributed by atoms with van der Waals surface area (Å²) in [7, 11) is 0. The van der Waals surface area contributed by atoms with Crippen LogP contribution in [-0.4, -0.2) is 9.97 Å². The molecule has 1 aromatic carbocycles. The van der Waals surface area contributed by atoms with E-state index in [0.717, 1.165) is 27.2 Å². The first-order chi connectivity index (χ1) is 9.34. The van der Waals surface area contributed by atoms with Crippen molar-refractivity contribution in [3.8, 4) is 0 Å². The molecule has 0 saturated carbocycles. The maximum Gasteiger partial charge on any atom is 0.345 e. The van der Waals surface area contributed by atoms with Gasteiger partial charge in [-0.2, -0.15) is 0 Å². The van der Waals surface area contributed by atoms with Crippen LogP contribution in [0.3, 0.4) is 0 Å². The molecule has 4 heteroatoms. The highest BCUT2D eigenvalue weighted by Crippen LogP contribution is 2.28. The van der Waals surface area contributed by atoms with Gasteiger partial charge in [0.1, 0.15) is 0 Å². The number of hydrogen-bond donors (Lipinski definition) is 0. The van der Waals surface area contributed by atoms with Crippen molar-refractivity contribution in [1.82, 2.24) is 9.97 Å². The lowest BCUT2D eigenvalue weighted by atomic mass is 10.0. The van der Waals surface area contributed by atoms with Gasteiger partial charge in [-0.3, -0.25) is 9.97 Å². The van der Waals surface area contributed by atoms with Crippen molar-refractivity contribution >= 4 is 32.6 Å². The van der Waals surface area contributed by atoms with E-state index in [1.807, 2.05) is 24.3 Å². The lowest BCUT2D eigenvalue weighted by molar-refractivity contribution is 0.519. The van der Waals surface area contributed by atoms with Gasteiger partial charge in [0.25, 0.3) is 0 Å². The topological polar surface area (TPSA) is 56.0 Å². The highest BCUT2D eigenvalue weighted by Gasteiger charge is 2.08. The van der Waals surface area contributed by atoms with Crippen LogP contribution in [0.2, 0.25) is 0 Å². The molecule has 0 aliphatic heterocycles. The van der Waals surface area contributed by atoms with Crippen LogP contribution in [0.15, 0.2) is 58.2 Å². The standard InChI is InChI=1S/C15H8N2O2/c18-15-11-8-17-13-4-3-12-10(2-1-6-16-12)14(13)9(11)5-7-19-15/h1-8H. The highest BCUT2D eigenvalue weighted by atomic mass is 16.4. The van der Waals surface area contributed by atoms with E-state index in [9.17, 15) is 4.79 Å². The zero-order valence-electron chi connectivity index (χ0n) is 9.83. The number of fused-ring (bicyclic) bond motifs is 5. The monoisotopic (exact) mass is 248 g/mol. The second-order valence-corrected chi connectivity index (χ2v) is 4.32. The summed E-state index contributed by atoms with van der Waals surface area (Å²) in [6, 6.07) is 9.51. The third-order valence-electron chi connectivity index (χ3n) is 3.29. The fourth-order valence-electron chi connectivity index (χ4n) is 2.43. The molecule has 3 aromatic heterocycles. The van der Waals surface area contributed by atoms with Gasteiger partial charge in [0.15, 0.2) is 0 Å². The molecule has 0 fully saturated rings. The van der Waals surface area contributed by atoms with Gasteiger partial charge in [0.05, 0.1) is 22.7 Å². The average molecular weight is 248 g/mol. The lowest BCUT2D eigenvalue weighted by Crippen LogP contribution is -1.99. The van der Waals surface area contributed by atoms with E-state index in [2.05, 4.69) is 9.97 Å². The van der Waals surface area contributed by atoms with Gasteiger partial charge in [-0.1, -0.05) is 6.07 Å². The summed E-state index contributed by atoms with van der Waals surface area (Å²) in [5.41, 5.74) is 1.36. The van der Waals surface area contributed by atoms with Gasteiger partial charge in [-0.25, -0.2) is 4.79 Å². The van der Waals surface area contributed by atoms with Crippen LogP contribution in [0.4, 0.5) is 0 Å². The summed E-state index contributed by atoms with van der Waals surface area (Å²) < 4.78 is 4.89. The van der Waals surface area contributed by atoms with Crippen LogP contribution in [0.1, 0.15) is 0 Å².